The van der Waals surface area contributed by atoms with Crippen LogP contribution in [-0.2, 0) is 11.3 Å². The average molecular weight is 410 g/mol. The number of nitrogen functional groups attached to an aromatic ring is 1. The van der Waals surface area contributed by atoms with Gasteiger partial charge in [0.2, 0.25) is 5.91 Å². The van der Waals surface area contributed by atoms with Crippen molar-refractivity contribution in [3.05, 3.63) is 53.7 Å². The van der Waals surface area contributed by atoms with Crippen LogP contribution in [0.25, 0.3) is 0 Å². The standard InChI is InChI=1S/C20H22N6O4/c1-12-6-4-5-7-16(12)23-17(27)11-26-19(21)18(24-25-26)20(28)22-13-8-14(29-2)10-15(9-13)30-3/h4-10H,11,21H2,1-3H3,(H,22,28)(H,23,27). The molecule has 0 fully saturated rings. The molecule has 0 saturated heterocycles. The molecular weight excluding hydrogens is 388 g/mol. The predicted octanol–water partition coefficient (Wildman–Crippen LogP) is 2.08. The maximum atomic E-state index is 12.6. The molecule has 156 valence electrons. The van der Waals surface area contributed by atoms with Crippen molar-refractivity contribution in [1.82, 2.24) is 15.0 Å². The number of hydrogen-bond acceptors (Lipinski definition) is 7. The molecule has 0 radical (unpaired) electrons. The van der Waals surface area contributed by atoms with Gasteiger partial charge in [0.1, 0.15) is 18.0 Å². The SMILES string of the molecule is COc1cc(NC(=O)c2nnn(CC(=O)Nc3ccccc3C)c2N)cc(OC)c1. The van der Waals surface area contributed by atoms with E-state index in [2.05, 4.69) is 20.9 Å². The van der Waals surface area contributed by atoms with Crippen LogP contribution in [0.3, 0.4) is 0 Å². The number of nitrogens with one attached hydrogen (secondary N) is 2. The van der Waals surface area contributed by atoms with Crippen LogP contribution in [0.1, 0.15) is 16.1 Å². The van der Waals surface area contributed by atoms with Crippen molar-refractivity contribution in [3.8, 4) is 11.5 Å². The van der Waals surface area contributed by atoms with Gasteiger partial charge in [-0.15, -0.1) is 5.10 Å². The van der Waals surface area contributed by atoms with Gasteiger partial charge in [-0.25, -0.2) is 4.68 Å². The maximum absolute atomic E-state index is 12.6. The molecule has 2 amide bonds. The molecule has 0 spiro atoms. The Morgan fingerprint density at radius 2 is 1.73 bits per heavy atom. The highest BCUT2D eigenvalue weighted by Crippen LogP contribution is 2.26. The number of para-hydroxylation sites is 1. The smallest absolute Gasteiger partial charge is 0.280 e. The molecule has 0 aliphatic carbocycles. The first-order chi connectivity index (χ1) is 14.4. The van der Waals surface area contributed by atoms with E-state index in [4.69, 9.17) is 15.2 Å². The highest BCUT2D eigenvalue weighted by atomic mass is 16.5. The summed E-state index contributed by atoms with van der Waals surface area (Å²) in [6.07, 6.45) is 0. The van der Waals surface area contributed by atoms with Crippen LogP contribution in [-0.4, -0.2) is 41.0 Å². The van der Waals surface area contributed by atoms with E-state index in [-0.39, 0.29) is 24.0 Å². The van der Waals surface area contributed by atoms with Crippen molar-refractivity contribution in [1.29, 1.82) is 0 Å². The molecule has 0 saturated carbocycles. The Kier molecular flexibility index (Phi) is 6.16. The highest BCUT2D eigenvalue weighted by Gasteiger charge is 2.20. The zero-order chi connectivity index (χ0) is 21.7. The second-order valence-corrected chi connectivity index (χ2v) is 6.40. The molecule has 0 aliphatic rings. The number of nitrogens with zero attached hydrogens (tertiary/aromatic N) is 3. The van der Waals surface area contributed by atoms with Crippen molar-refractivity contribution in [3.63, 3.8) is 0 Å². The number of anilines is 3. The summed E-state index contributed by atoms with van der Waals surface area (Å²) in [5.74, 6) is 0.0735. The number of rotatable bonds is 7. The van der Waals surface area contributed by atoms with Crippen molar-refractivity contribution < 1.29 is 19.1 Å². The molecule has 1 aromatic heterocycles. The Balaban J connectivity index is 1.71. The number of benzene rings is 2. The van der Waals surface area contributed by atoms with E-state index in [0.29, 0.717) is 22.9 Å². The molecule has 3 rings (SSSR count). The third kappa shape index (κ3) is 4.66. The van der Waals surface area contributed by atoms with E-state index >= 15 is 0 Å². The van der Waals surface area contributed by atoms with Crippen molar-refractivity contribution in [2.45, 2.75) is 13.5 Å². The average Bonchev–Trinajstić information content (AvgIpc) is 3.09. The Labute approximate surface area is 173 Å². The fourth-order valence-corrected chi connectivity index (χ4v) is 2.71. The normalized spacial score (nSPS) is 10.4. The van der Waals surface area contributed by atoms with Gasteiger partial charge in [0.25, 0.3) is 5.91 Å². The van der Waals surface area contributed by atoms with Gasteiger partial charge in [-0.1, -0.05) is 23.4 Å². The molecule has 30 heavy (non-hydrogen) atoms. The van der Waals surface area contributed by atoms with Crippen LogP contribution in [0.4, 0.5) is 17.2 Å². The number of carbonyl (C=O) groups excluding carboxylic acids is 2. The molecule has 0 unspecified atom stereocenters. The summed E-state index contributed by atoms with van der Waals surface area (Å²) in [5, 5.41) is 13.1. The number of aryl methyl sites for hydroxylation is 1. The molecule has 3 aromatic rings. The zero-order valence-electron chi connectivity index (χ0n) is 16.8. The van der Waals surface area contributed by atoms with Crippen LogP contribution in [0.15, 0.2) is 42.5 Å². The number of carbonyl (C=O) groups is 2. The van der Waals surface area contributed by atoms with Crippen molar-refractivity contribution in [2.75, 3.05) is 30.6 Å². The van der Waals surface area contributed by atoms with Crippen LogP contribution >= 0.6 is 0 Å². The number of methoxy groups -OCH3 is 2. The largest absolute Gasteiger partial charge is 0.497 e. The molecule has 0 aliphatic heterocycles. The minimum atomic E-state index is -0.576. The van der Waals surface area contributed by atoms with E-state index in [9.17, 15) is 9.59 Å². The van der Waals surface area contributed by atoms with Gasteiger partial charge >= 0.3 is 0 Å². The Hall–Kier alpha value is -4.08. The van der Waals surface area contributed by atoms with Crippen molar-refractivity contribution >= 4 is 29.0 Å². The number of nitrogens with two attached hydrogens (primary N) is 1. The van der Waals surface area contributed by atoms with Gasteiger partial charge in [-0.3, -0.25) is 9.59 Å². The summed E-state index contributed by atoms with van der Waals surface area (Å²) >= 11 is 0. The number of aromatic nitrogens is 3. The van der Waals surface area contributed by atoms with Gasteiger partial charge in [-0.2, -0.15) is 0 Å². The molecule has 0 atom stereocenters. The summed E-state index contributed by atoms with van der Waals surface area (Å²) in [4.78, 5) is 24.9. The Bertz CT molecular complexity index is 1060. The molecule has 2 aromatic carbocycles. The summed E-state index contributed by atoms with van der Waals surface area (Å²) in [7, 11) is 3.01. The van der Waals surface area contributed by atoms with E-state index < -0.39 is 5.91 Å². The van der Waals surface area contributed by atoms with Gasteiger partial charge in [0.15, 0.2) is 11.5 Å². The lowest BCUT2D eigenvalue weighted by molar-refractivity contribution is -0.116. The summed E-state index contributed by atoms with van der Waals surface area (Å²) in [6, 6.07) is 12.3. The molecule has 0 bridgehead atoms. The zero-order valence-corrected chi connectivity index (χ0v) is 16.8. The Morgan fingerprint density at radius 3 is 2.37 bits per heavy atom. The summed E-state index contributed by atoms with van der Waals surface area (Å²) < 4.78 is 11.5. The minimum Gasteiger partial charge on any atom is -0.497 e. The fourth-order valence-electron chi connectivity index (χ4n) is 2.71. The van der Waals surface area contributed by atoms with E-state index in [1.54, 1.807) is 24.3 Å². The van der Waals surface area contributed by atoms with Crippen molar-refractivity contribution in [2.24, 2.45) is 0 Å². The first-order valence-electron chi connectivity index (χ1n) is 9.00. The lowest BCUT2D eigenvalue weighted by atomic mass is 10.2. The molecule has 10 nitrogen and oxygen atoms in total. The number of ether oxygens (including phenoxy) is 2. The lowest BCUT2D eigenvalue weighted by Crippen LogP contribution is -2.21. The van der Waals surface area contributed by atoms with Crippen LogP contribution in [0.5, 0.6) is 11.5 Å². The summed E-state index contributed by atoms with van der Waals surface area (Å²) in [6.45, 7) is 1.70. The first kappa shape index (κ1) is 20.6. The fraction of sp³-hybridized carbons (Fsp3) is 0.200. The second kappa shape index (κ2) is 8.95. The van der Waals surface area contributed by atoms with E-state index in [1.165, 1.54) is 14.2 Å². The summed E-state index contributed by atoms with van der Waals surface area (Å²) in [5.41, 5.74) is 7.93. The van der Waals surface area contributed by atoms with Crippen LogP contribution in [0.2, 0.25) is 0 Å². The Morgan fingerprint density at radius 1 is 1.07 bits per heavy atom. The molecule has 10 heteroatoms. The van der Waals surface area contributed by atoms with Crippen LogP contribution in [0, 0.1) is 6.92 Å². The number of hydrogen-bond donors (Lipinski definition) is 3. The minimum absolute atomic E-state index is 0.0257. The number of amides is 2. The lowest BCUT2D eigenvalue weighted by Gasteiger charge is -2.10. The first-order valence-corrected chi connectivity index (χ1v) is 9.00. The third-order valence-corrected chi connectivity index (χ3v) is 4.31. The van der Waals surface area contributed by atoms with Gasteiger partial charge in [0, 0.05) is 29.6 Å². The van der Waals surface area contributed by atoms with Gasteiger partial charge in [-0.05, 0) is 18.6 Å². The van der Waals surface area contributed by atoms with E-state index in [0.717, 1.165) is 10.2 Å². The highest BCUT2D eigenvalue weighted by molar-refractivity contribution is 6.06. The molecular formula is C20H22N6O4. The topological polar surface area (TPSA) is 133 Å². The van der Waals surface area contributed by atoms with Crippen LogP contribution < -0.4 is 25.8 Å². The molecule has 4 N–H and O–H groups in total. The van der Waals surface area contributed by atoms with E-state index in [1.807, 2.05) is 25.1 Å². The second-order valence-electron chi connectivity index (χ2n) is 6.40. The predicted molar refractivity (Wildman–Crippen MR) is 112 cm³/mol. The van der Waals surface area contributed by atoms with Gasteiger partial charge in [0.05, 0.1) is 14.2 Å². The monoisotopic (exact) mass is 410 g/mol. The quantitative estimate of drug-likeness (QED) is 0.543. The van der Waals surface area contributed by atoms with Gasteiger partial charge < -0.3 is 25.8 Å². The maximum Gasteiger partial charge on any atom is 0.280 e. The molecule has 1 heterocycles. The third-order valence-electron chi connectivity index (χ3n) is 4.31.